The lowest BCUT2D eigenvalue weighted by Crippen LogP contribution is -2.48. The zero-order valence-corrected chi connectivity index (χ0v) is 15.9. The Kier molecular flexibility index (Phi) is 5.33. The second-order valence-electron chi connectivity index (χ2n) is 7.94. The van der Waals surface area contributed by atoms with E-state index >= 15 is 0 Å². The van der Waals surface area contributed by atoms with Crippen LogP contribution in [0.25, 0.3) is 0 Å². The fraction of sp³-hybridized carbons (Fsp3) is 0.600. The summed E-state index contributed by atoms with van der Waals surface area (Å²) in [6, 6.07) is 5.39. The van der Waals surface area contributed by atoms with Crippen molar-refractivity contribution in [1.82, 2.24) is 29.7 Å². The van der Waals surface area contributed by atoms with Gasteiger partial charge in [-0.25, -0.2) is 4.98 Å². The smallest absolute Gasteiger partial charge is 0.0945 e. The van der Waals surface area contributed by atoms with E-state index in [1.54, 1.807) is 0 Å². The molecular formula is C20H30N6. The quantitative estimate of drug-likeness (QED) is 0.881. The number of aromatic nitrogens is 3. The van der Waals surface area contributed by atoms with Crippen molar-refractivity contribution in [2.75, 3.05) is 33.2 Å². The van der Waals surface area contributed by atoms with E-state index < -0.39 is 0 Å². The monoisotopic (exact) mass is 354 g/mol. The number of likely N-dealkylation sites (tertiary alicyclic amines) is 2. The molecule has 2 aliphatic heterocycles. The zero-order chi connectivity index (χ0) is 17.9. The summed E-state index contributed by atoms with van der Waals surface area (Å²) in [7, 11) is 4.33. The van der Waals surface area contributed by atoms with Crippen molar-refractivity contribution in [3.63, 3.8) is 0 Å². The van der Waals surface area contributed by atoms with Gasteiger partial charge in [-0.2, -0.15) is 0 Å². The van der Waals surface area contributed by atoms with E-state index in [1.165, 1.54) is 37.2 Å². The molecular weight excluding hydrogens is 324 g/mol. The molecule has 6 nitrogen and oxygen atoms in total. The highest BCUT2D eigenvalue weighted by Crippen LogP contribution is 2.27. The summed E-state index contributed by atoms with van der Waals surface area (Å²) in [5.41, 5.74) is 2.71. The number of nitrogens with zero attached hydrogens (tertiary/aromatic N) is 5. The van der Waals surface area contributed by atoms with Crippen LogP contribution in [0.15, 0.2) is 37.1 Å². The lowest BCUT2D eigenvalue weighted by atomic mass is 9.96. The van der Waals surface area contributed by atoms with Crippen LogP contribution in [0.5, 0.6) is 0 Å². The highest BCUT2D eigenvalue weighted by molar-refractivity contribution is 5.14. The average Bonchev–Trinajstić information content (AvgIpc) is 3.22. The van der Waals surface area contributed by atoms with E-state index in [4.69, 9.17) is 0 Å². The maximum atomic E-state index is 4.33. The summed E-state index contributed by atoms with van der Waals surface area (Å²) in [6.07, 6.45) is 10.2. The molecule has 2 atom stereocenters. The van der Waals surface area contributed by atoms with Gasteiger partial charge < -0.3 is 14.8 Å². The van der Waals surface area contributed by atoms with Gasteiger partial charge in [0.05, 0.1) is 6.33 Å². The molecule has 0 spiro atoms. The number of imidazole rings is 1. The van der Waals surface area contributed by atoms with Gasteiger partial charge in [-0.1, -0.05) is 0 Å². The minimum Gasteiger partial charge on any atom is -0.337 e. The zero-order valence-electron chi connectivity index (χ0n) is 15.9. The minimum atomic E-state index is 0.521. The molecule has 2 fully saturated rings. The van der Waals surface area contributed by atoms with E-state index in [9.17, 15) is 0 Å². The Balaban J connectivity index is 1.31. The normalized spacial score (nSPS) is 25.8. The Morgan fingerprint density at radius 1 is 1.08 bits per heavy atom. The van der Waals surface area contributed by atoms with E-state index in [1.807, 2.05) is 24.9 Å². The van der Waals surface area contributed by atoms with Crippen molar-refractivity contribution in [3.05, 3.63) is 48.3 Å². The molecule has 2 aromatic rings. The molecule has 1 N–H and O–H groups in total. The van der Waals surface area contributed by atoms with Gasteiger partial charge in [0.15, 0.2) is 0 Å². The lowest BCUT2D eigenvalue weighted by Gasteiger charge is -2.35. The summed E-state index contributed by atoms with van der Waals surface area (Å²) < 4.78 is 2.18. The van der Waals surface area contributed by atoms with Crippen molar-refractivity contribution in [2.45, 2.75) is 37.4 Å². The van der Waals surface area contributed by atoms with Gasteiger partial charge in [-0.3, -0.25) is 9.88 Å². The predicted molar refractivity (Wildman–Crippen MR) is 103 cm³/mol. The highest BCUT2D eigenvalue weighted by atomic mass is 15.2. The van der Waals surface area contributed by atoms with Crippen LogP contribution in [0, 0.1) is 0 Å². The number of rotatable bonds is 5. The summed E-state index contributed by atoms with van der Waals surface area (Å²) in [4.78, 5) is 13.4. The Morgan fingerprint density at radius 2 is 1.85 bits per heavy atom. The van der Waals surface area contributed by atoms with E-state index in [-0.39, 0.29) is 0 Å². The number of hydrogen-bond acceptors (Lipinski definition) is 5. The molecule has 0 aliphatic carbocycles. The Labute approximate surface area is 156 Å². The molecule has 0 saturated carbocycles. The first kappa shape index (κ1) is 17.6. The van der Waals surface area contributed by atoms with Gasteiger partial charge in [0.1, 0.15) is 0 Å². The van der Waals surface area contributed by atoms with E-state index in [2.05, 4.69) is 55.9 Å². The van der Waals surface area contributed by atoms with Crippen LogP contribution in [0.1, 0.15) is 30.0 Å². The molecule has 6 heteroatoms. The lowest BCUT2D eigenvalue weighted by molar-refractivity contribution is 0.182. The maximum Gasteiger partial charge on any atom is 0.0945 e. The van der Waals surface area contributed by atoms with Crippen molar-refractivity contribution in [3.8, 4) is 0 Å². The third kappa shape index (κ3) is 3.98. The molecule has 0 bridgehead atoms. The molecule has 26 heavy (non-hydrogen) atoms. The van der Waals surface area contributed by atoms with Crippen molar-refractivity contribution < 1.29 is 0 Å². The fourth-order valence-electron chi connectivity index (χ4n) is 4.50. The summed E-state index contributed by atoms with van der Waals surface area (Å²) in [6.45, 7) is 5.60. The van der Waals surface area contributed by atoms with Crippen LogP contribution >= 0.6 is 0 Å². The third-order valence-corrected chi connectivity index (χ3v) is 5.93. The van der Waals surface area contributed by atoms with Gasteiger partial charge in [0.25, 0.3) is 0 Å². The third-order valence-electron chi connectivity index (χ3n) is 5.93. The number of aryl methyl sites for hydroxylation is 1. The van der Waals surface area contributed by atoms with Crippen LogP contribution in [0.2, 0.25) is 0 Å². The first-order valence-electron chi connectivity index (χ1n) is 9.71. The van der Waals surface area contributed by atoms with Crippen LogP contribution in [-0.4, -0.2) is 69.6 Å². The van der Waals surface area contributed by atoms with Gasteiger partial charge in [-0.15, -0.1) is 0 Å². The van der Waals surface area contributed by atoms with Crippen molar-refractivity contribution in [2.24, 2.45) is 7.05 Å². The number of pyridine rings is 1. The molecule has 2 saturated heterocycles. The summed E-state index contributed by atoms with van der Waals surface area (Å²) in [5.74, 6) is 0.530. The van der Waals surface area contributed by atoms with Gasteiger partial charge in [-0.05, 0) is 50.7 Å². The van der Waals surface area contributed by atoms with E-state index in [0.717, 1.165) is 19.6 Å². The van der Waals surface area contributed by atoms with Gasteiger partial charge in [0.2, 0.25) is 0 Å². The summed E-state index contributed by atoms with van der Waals surface area (Å²) in [5, 5.41) is 3.98. The predicted octanol–water partition coefficient (Wildman–Crippen LogP) is 1.47. The number of hydrogen-bond donors (Lipinski definition) is 1. The molecule has 2 aliphatic rings. The second-order valence-corrected chi connectivity index (χ2v) is 7.94. The van der Waals surface area contributed by atoms with Crippen LogP contribution < -0.4 is 5.32 Å². The minimum absolute atomic E-state index is 0.521. The largest absolute Gasteiger partial charge is 0.337 e. The summed E-state index contributed by atoms with van der Waals surface area (Å²) >= 11 is 0. The van der Waals surface area contributed by atoms with Crippen LogP contribution in [-0.2, 0) is 13.6 Å². The number of nitrogens with one attached hydrogen (secondary N) is 1. The molecule has 4 rings (SSSR count). The molecule has 0 amide bonds. The first-order chi connectivity index (χ1) is 12.7. The molecule has 0 aromatic carbocycles. The first-order valence-corrected chi connectivity index (χ1v) is 9.71. The van der Waals surface area contributed by atoms with Crippen LogP contribution in [0.4, 0.5) is 0 Å². The molecule has 140 valence electrons. The standard InChI is InChI=1S/C20H30N6/c1-24-13-18(20-11-22-15-25(20)2)19(14-24)23-17-5-9-26(10-6-17)12-16-3-7-21-8-4-16/h3-4,7-8,11,15,17-19,23H,5-6,9-10,12-14H2,1-2H3/t18-,19-/m1/s1. The Hall–Kier alpha value is -1.76. The highest BCUT2D eigenvalue weighted by Gasteiger charge is 2.35. The average molecular weight is 355 g/mol. The molecule has 2 aromatic heterocycles. The van der Waals surface area contributed by atoms with Gasteiger partial charge in [0, 0.05) is 69.0 Å². The number of piperidine rings is 1. The van der Waals surface area contributed by atoms with Crippen molar-refractivity contribution in [1.29, 1.82) is 0 Å². The van der Waals surface area contributed by atoms with E-state index in [0.29, 0.717) is 18.0 Å². The SMILES string of the molecule is CN1C[C@@H](NC2CCN(Cc3ccncc3)CC2)[C@H](c2cncn2C)C1. The number of likely N-dealkylation sites (N-methyl/N-ethyl adjacent to an activating group) is 1. The Morgan fingerprint density at radius 3 is 2.54 bits per heavy atom. The molecule has 4 heterocycles. The van der Waals surface area contributed by atoms with Gasteiger partial charge >= 0.3 is 0 Å². The fourth-order valence-corrected chi connectivity index (χ4v) is 4.50. The van der Waals surface area contributed by atoms with Crippen LogP contribution in [0.3, 0.4) is 0 Å². The maximum absolute atomic E-state index is 4.33. The van der Waals surface area contributed by atoms with Crippen molar-refractivity contribution >= 4 is 0 Å². The molecule has 0 radical (unpaired) electrons. The second kappa shape index (κ2) is 7.86. The molecule has 0 unspecified atom stereocenters. The Bertz CT molecular complexity index is 691. The topological polar surface area (TPSA) is 49.2 Å².